The monoisotopic (exact) mass is 510 g/mol. The Kier molecular flexibility index (Phi) is 9.35. The zero-order chi connectivity index (χ0) is 26.9. The third-order valence-corrected chi connectivity index (χ3v) is 7.10. The summed E-state index contributed by atoms with van der Waals surface area (Å²) in [5.74, 6) is 0.936. The van der Waals surface area contributed by atoms with Gasteiger partial charge in [0.05, 0.1) is 5.56 Å². The van der Waals surface area contributed by atoms with Crippen LogP contribution in [0.1, 0.15) is 55.4 Å². The average molecular weight is 511 g/mol. The Balaban J connectivity index is 1.50. The number of allylic oxidation sites excluding steroid dienone is 2. The van der Waals surface area contributed by atoms with Crippen molar-refractivity contribution < 1.29 is 13.9 Å². The van der Waals surface area contributed by atoms with Crippen LogP contribution in [0.2, 0.25) is 0 Å². The fourth-order valence-corrected chi connectivity index (χ4v) is 4.57. The molecule has 0 aromatic heterocycles. The van der Waals surface area contributed by atoms with Crippen molar-refractivity contribution in [3.05, 3.63) is 113 Å². The highest BCUT2D eigenvalue weighted by Gasteiger charge is 2.15. The van der Waals surface area contributed by atoms with Crippen LogP contribution >= 0.6 is 0 Å². The third-order valence-electron chi connectivity index (χ3n) is 7.10. The zero-order valence-electron chi connectivity index (χ0n) is 22.3. The Hall–Kier alpha value is -3.88. The summed E-state index contributed by atoms with van der Waals surface area (Å²) >= 11 is 0. The number of nitrogens with zero attached hydrogens (tertiary/aromatic N) is 2. The minimum absolute atomic E-state index is 0.0199. The highest BCUT2D eigenvalue weighted by Crippen LogP contribution is 2.29. The molecule has 1 aliphatic heterocycles. The maximum Gasteiger partial charge on any atom is 0.140 e. The summed E-state index contributed by atoms with van der Waals surface area (Å²) in [5, 5.41) is 9.17. The Morgan fingerprint density at radius 3 is 2.47 bits per heavy atom. The number of hydrogen-bond acceptors (Lipinski definition) is 4. The predicted molar refractivity (Wildman–Crippen MR) is 150 cm³/mol. The highest BCUT2D eigenvalue weighted by atomic mass is 19.1. The highest BCUT2D eigenvalue weighted by molar-refractivity contribution is 5.77. The number of rotatable bonds is 10. The fraction of sp³-hybridized carbons (Fsp3) is 0.303. The van der Waals surface area contributed by atoms with E-state index in [0.717, 1.165) is 64.5 Å². The van der Waals surface area contributed by atoms with E-state index in [1.165, 1.54) is 31.4 Å². The Labute approximate surface area is 225 Å². The molecule has 4 rings (SSSR count). The maximum absolute atomic E-state index is 13.8. The van der Waals surface area contributed by atoms with Gasteiger partial charge in [0, 0.05) is 18.2 Å². The SMILES string of the molecule is C=C(/C(C)=C(\C)COc1ccc(CN2CCCCC2)c(OCc2ccc(F)c(C#N)c2)c1)c1ccccc1. The van der Waals surface area contributed by atoms with E-state index < -0.39 is 5.82 Å². The maximum atomic E-state index is 13.8. The second kappa shape index (κ2) is 13.1. The van der Waals surface area contributed by atoms with Crippen LogP contribution in [0.4, 0.5) is 4.39 Å². The van der Waals surface area contributed by atoms with Crippen molar-refractivity contribution in [2.45, 2.75) is 46.3 Å². The molecule has 38 heavy (non-hydrogen) atoms. The van der Waals surface area contributed by atoms with Gasteiger partial charge in [-0.2, -0.15) is 5.26 Å². The second-order valence-electron chi connectivity index (χ2n) is 9.86. The van der Waals surface area contributed by atoms with Gasteiger partial charge in [-0.15, -0.1) is 0 Å². The van der Waals surface area contributed by atoms with E-state index in [2.05, 4.69) is 43.5 Å². The molecule has 0 saturated carbocycles. The van der Waals surface area contributed by atoms with Crippen molar-refractivity contribution in [1.29, 1.82) is 5.26 Å². The van der Waals surface area contributed by atoms with Gasteiger partial charge < -0.3 is 9.47 Å². The number of nitriles is 1. The lowest BCUT2D eigenvalue weighted by Crippen LogP contribution is -2.29. The second-order valence-corrected chi connectivity index (χ2v) is 9.86. The minimum atomic E-state index is -0.522. The lowest BCUT2D eigenvalue weighted by molar-refractivity contribution is 0.215. The molecule has 0 amide bonds. The van der Waals surface area contributed by atoms with Crippen LogP contribution in [-0.4, -0.2) is 24.6 Å². The minimum Gasteiger partial charge on any atom is -0.489 e. The first-order chi connectivity index (χ1) is 18.4. The molecule has 1 saturated heterocycles. The summed E-state index contributed by atoms with van der Waals surface area (Å²) in [5.41, 5.74) is 6.15. The van der Waals surface area contributed by atoms with Crippen molar-refractivity contribution in [2.75, 3.05) is 19.7 Å². The smallest absolute Gasteiger partial charge is 0.140 e. The average Bonchev–Trinajstić information content (AvgIpc) is 2.96. The molecular weight excluding hydrogens is 475 g/mol. The third kappa shape index (κ3) is 7.12. The molecule has 3 aromatic rings. The molecule has 3 aromatic carbocycles. The van der Waals surface area contributed by atoms with E-state index in [1.54, 1.807) is 6.07 Å². The summed E-state index contributed by atoms with van der Waals surface area (Å²) in [4.78, 5) is 2.45. The molecule has 4 nitrogen and oxygen atoms in total. The molecule has 1 heterocycles. The van der Waals surface area contributed by atoms with Crippen molar-refractivity contribution in [3.63, 3.8) is 0 Å². The Morgan fingerprint density at radius 2 is 1.74 bits per heavy atom. The van der Waals surface area contributed by atoms with Gasteiger partial charge >= 0.3 is 0 Å². The van der Waals surface area contributed by atoms with Crippen molar-refractivity contribution in [2.24, 2.45) is 0 Å². The quantitative estimate of drug-likeness (QED) is 0.262. The predicted octanol–water partition coefficient (Wildman–Crippen LogP) is 7.69. The molecule has 5 heteroatoms. The molecule has 0 radical (unpaired) electrons. The lowest BCUT2D eigenvalue weighted by atomic mass is 9.97. The molecular formula is C33H35FN2O2. The van der Waals surface area contributed by atoms with Crippen LogP contribution in [0, 0.1) is 17.1 Å². The van der Waals surface area contributed by atoms with Crippen LogP contribution in [0.5, 0.6) is 11.5 Å². The molecule has 0 aliphatic carbocycles. The van der Waals surface area contributed by atoms with Crippen LogP contribution in [0.15, 0.2) is 84.5 Å². The van der Waals surface area contributed by atoms with Gasteiger partial charge in [0.25, 0.3) is 0 Å². The zero-order valence-corrected chi connectivity index (χ0v) is 22.3. The number of halogens is 1. The van der Waals surface area contributed by atoms with Gasteiger partial charge in [-0.05, 0) is 85.8 Å². The van der Waals surface area contributed by atoms with Crippen molar-refractivity contribution in [3.8, 4) is 17.6 Å². The molecule has 0 bridgehead atoms. The summed E-state index contributed by atoms with van der Waals surface area (Å²) in [6.45, 7) is 12.0. The molecule has 0 unspecified atom stereocenters. The van der Waals surface area contributed by atoms with Crippen LogP contribution < -0.4 is 9.47 Å². The fourth-order valence-electron chi connectivity index (χ4n) is 4.57. The Bertz CT molecular complexity index is 1330. The number of piperidine rings is 1. The first-order valence-corrected chi connectivity index (χ1v) is 13.1. The molecule has 0 spiro atoms. The molecule has 0 atom stereocenters. The van der Waals surface area contributed by atoms with Crippen molar-refractivity contribution >= 4 is 5.57 Å². The number of hydrogen-bond donors (Lipinski definition) is 0. The van der Waals surface area contributed by atoms with Gasteiger partial charge in [-0.3, -0.25) is 4.90 Å². The van der Waals surface area contributed by atoms with Gasteiger partial charge in [0.2, 0.25) is 0 Å². The summed E-state index contributed by atoms with van der Waals surface area (Å²) in [6, 6.07) is 22.5. The molecule has 1 fully saturated rings. The standard InChI is InChI=1S/C33H35FN2O2/c1-24(25(2)26(3)28-10-6-4-7-11-28)22-37-31-14-13-29(21-36-16-8-5-9-17-36)33(19-31)38-23-27-12-15-32(34)30(18-27)20-35/h4,6-7,10-15,18-19H,3,5,8-9,16-17,21-23H2,1-2H3/b25-24+. The van der Waals surface area contributed by atoms with Crippen LogP contribution in [0.25, 0.3) is 5.57 Å². The van der Waals surface area contributed by atoms with Crippen LogP contribution in [-0.2, 0) is 13.2 Å². The van der Waals surface area contributed by atoms with E-state index in [9.17, 15) is 9.65 Å². The van der Waals surface area contributed by atoms with Gasteiger partial charge in [-0.25, -0.2) is 4.39 Å². The lowest BCUT2D eigenvalue weighted by Gasteiger charge is -2.27. The van der Waals surface area contributed by atoms with E-state index in [4.69, 9.17) is 9.47 Å². The summed E-state index contributed by atoms with van der Waals surface area (Å²) in [6.07, 6.45) is 3.70. The number of likely N-dealkylation sites (tertiary alicyclic amines) is 1. The van der Waals surface area contributed by atoms with Gasteiger partial charge in [0.1, 0.15) is 36.6 Å². The van der Waals surface area contributed by atoms with Crippen LogP contribution in [0.3, 0.4) is 0 Å². The molecule has 0 N–H and O–H groups in total. The van der Waals surface area contributed by atoms with Gasteiger partial charge in [-0.1, -0.05) is 55.5 Å². The van der Waals surface area contributed by atoms with E-state index >= 15 is 0 Å². The number of ether oxygens (including phenoxy) is 2. The normalized spacial score (nSPS) is 14.4. The Morgan fingerprint density at radius 1 is 0.974 bits per heavy atom. The summed E-state index contributed by atoms with van der Waals surface area (Å²) < 4.78 is 26.2. The molecule has 196 valence electrons. The van der Waals surface area contributed by atoms with E-state index in [-0.39, 0.29) is 12.2 Å². The van der Waals surface area contributed by atoms with Crippen molar-refractivity contribution in [1.82, 2.24) is 4.90 Å². The number of benzene rings is 3. The molecule has 1 aliphatic rings. The van der Waals surface area contributed by atoms with Gasteiger partial charge in [0.15, 0.2) is 0 Å². The first-order valence-electron chi connectivity index (χ1n) is 13.1. The summed E-state index contributed by atoms with van der Waals surface area (Å²) in [7, 11) is 0. The largest absolute Gasteiger partial charge is 0.489 e. The first kappa shape index (κ1) is 27.2. The van der Waals surface area contributed by atoms with E-state index in [1.807, 2.05) is 36.4 Å². The topological polar surface area (TPSA) is 45.5 Å². The van der Waals surface area contributed by atoms with E-state index in [0.29, 0.717) is 6.61 Å².